The van der Waals surface area contributed by atoms with E-state index >= 15 is 0 Å². The number of aromatic amines is 1. The van der Waals surface area contributed by atoms with Crippen LogP contribution in [-0.4, -0.2) is 36.8 Å². The van der Waals surface area contributed by atoms with Crippen molar-refractivity contribution in [2.45, 2.75) is 55.5 Å². The predicted octanol–water partition coefficient (Wildman–Crippen LogP) is 3.14. The number of H-pyrrole nitrogens is 1. The summed E-state index contributed by atoms with van der Waals surface area (Å²) in [6.07, 6.45) is 5.92. The summed E-state index contributed by atoms with van der Waals surface area (Å²) in [5.41, 5.74) is 1.93. The van der Waals surface area contributed by atoms with Crippen molar-refractivity contribution in [1.29, 1.82) is 0 Å². The van der Waals surface area contributed by atoms with Crippen LogP contribution < -0.4 is 5.32 Å². The Bertz CT molecular complexity index is 864. The molecule has 0 aliphatic heterocycles. The van der Waals surface area contributed by atoms with Gasteiger partial charge < -0.3 is 5.32 Å². The Morgan fingerprint density at radius 2 is 2.12 bits per heavy atom. The van der Waals surface area contributed by atoms with Crippen LogP contribution in [0.1, 0.15) is 39.0 Å². The minimum atomic E-state index is -0.195. The van der Waals surface area contributed by atoms with E-state index < -0.39 is 0 Å². The Morgan fingerprint density at radius 3 is 2.96 bits per heavy atom. The molecule has 0 unspecified atom stereocenters. The summed E-state index contributed by atoms with van der Waals surface area (Å²) in [6, 6.07) is 8.28. The highest BCUT2D eigenvalue weighted by Crippen LogP contribution is 2.26. The van der Waals surface area contributed by atoms with Gasteiger partial charge in [-0.25, -0.2) is 10.1 Å². The van der Waals surface area contributed by atoms with Crippen LogP contribution in [0.4, 0.5) is 0 Å². The summed E-state index contributed by atoms with van der Waals surface area (Å²) in [5, 5.41) is 11.0. The summed E-state index contributed by atoms with van der Waals surface area (Å²) < 4.78 is 1.98. The molecule has 2 aromatic heterocycles. The maximum atomic E-state index is 12.5. The van der Waals surface area contributed by atoms with Crippen LogP contribution in [0.5, 0.6) is 0 Å². The lowest BCUT2D eigenvalue weighted by molar-refractivity contribution is -0.121. The van der Waals surface area contributed by atoms with Gasteiger partial charge in [0.25, 0.3) is 0 Å². The molecule has 4 rings (SSSR count). The second kappa shape index (κ2) is 6.47. The van der Waals surface area contributed by atoms with E-state index in [1.165, 1.54) is 31.0 Å². The first-order valence-corrected chi connectivity index (χ1v) is 9.39. The second-order valence-electron chi connectivity index (χ2n) is 6.37. The van der Waals surface area contributed by atoms with Crippen molar-refractivity contribution >= 4 is 34.5 Å². The third-order valence-corrected chi connectivity index (χ3v) is 5.66. The number of nitrogens with one attached hydrogen (secondary N) is 2. The number of hydrogen-bond acceptors (Lipinski definition) is 4. The largest absolute Gasteiger partial charge is 0.352 e. The first-order chi connectivity index (χ1) is 11.7. The molecule has 24 heavy (non-hydrogen) atoms. The van der Waals surface area contributed by atoms with Crippen LogP contribution in [0.3, 0.4) is 0 Å². The van der Waals surface area contributed by atoms with E-state index in [0.29, 0.717) is 11.8 Å². The number of rotatable bonds is 4. The summed E-state index contributed by atoms with van der Waals surface area (Å²) in [6.45, 7) is 1.93. The monoisotopic (exact) mass is 343 g/mol. The lowest BCUT2D eigenvalue weighted by Gasteiger charge is -2.24. The highest BCUT2D eigenvalue weighted by atomic mass is 32.2. The standard InChI is InChI=1S/C17H21N5OS/c1-11(15(23)18-12-7-3-2-4-8-12)24-17-21-20-16-19-13-9-5-6-10-14(13)22(16)17/h5-6,9-12H,2-4,7-8H2,1H3,(H,18,23)(H,19,20)/t11-/m1/s1. The number of hydrogen-bond donors (Lipinski definition) is 2. The van der Waals surface area contributed by atoms with Gasteiger partial charge in [-0.15, -0.1) is 5.10 Å². The molecule has 6 nitrogen and oxygen atoms in total. The van der Waals surface area contributed by atoms with Crippen molar-refractivity contribution in [2.75, 3.05) is 0 Å². The molecule has 0 spiro atoms. The van der Waals surface area contributed by atoms with Crippen LogP contribution in [0.15, 0.2) is 29.4 Å². The van der Waals surface area contributed by atoms with Gasteiger partial charge in [-0.05, 0) is 31.9 Å². The van der Waals surface area contributed by atoms with Crippen molar-refractivity contribution in [3.8, 4) is 0 Å². The number of imidazole rings is 1. The molecular formula is C17H21N5OS. The van der Waals surface area contributed by atoms with Crippen molar-refractivity contribution < 1.29 is 4.79 Å². The topological polar surface area (TPSA) is 75.1 Å². The molecule has 2 heterocycles. The third kappa shape index (κ3) is 2.88. The van der Waals surface area contributed by atoms with Crippen molar-refractivity contribution in [1.82, 2.24) is 24.9 Å². The molecule has 1 atom stereocenters. The average molecular weight is 343 g/mol. The smallest absolute Gasteiger partial charge is 0.233 e. The number of nitrogens with zero attached hydrogens (tertiary/aromatic N) is 3. The van der Waals surface area contributed by atoms with E-state index in [1.54, 1.807) is 0 Å². The fourth-order valence-electron chi connectivity index (χ4n) is 3.30. The van der Waals surface area contributed by atoms with Gasteiger partial charge in [0, 0.05) is 6.04 Å². The van der Waals surface area contributed by atoms with Gasteiger partial charge in [0.05, 0.1) is 16.3 Å². The number of carbonyl (C=O) groups excluding carboxylic acids is 1. The number of amides is 1. The summed E-state index contributed by atoms with van der Waals surface area (Å²) in [4.78, 5) is 17.0. The number of aromatic nitrogens is 4. The minimum Gasteiger partial charge on any atom is -0.352 e. The normalized spacial score (nSPS) is 17.4. The van der Waals surface area contributed by atoms with Crippen LogP contribution >= 0.6 is 11.8 Å². The zero-order chi connectivity index (χ0) is 16.5. The van der Waals surface area contributed by atoms with Gasteiger partial charge in [0.2, 0.25) is 11.7 Å². The third-order valence-electron chi connectivity index (χ3n) is 4.61. The van der Waals surface area contributed by atoms with Crippen molar-refractivity contribution in [2.24, 2.45) is 0 Å². The lowest BCUT2D eigenvalue weighted by atomic mass is 9.95. The molecule has 2 N–H and O–H groups in total. The van der Waals surface area contributed by atoms with Gasteiger partial charge in [-0.2, -0.15) is 0 Å². The number of carbonyl (C=O) groups is 1. The highest BCUT2D eigenvalue weighted by Gasteiger charge is 2.22. The molecule has 3 aromatic rings. The minimum absolute atomic E-state index is 0.0903. The molecule has 126 valence electrons. The predicted molar refractivity (Wildman–Crippen MR) is 95.2 cm³/mol. The van der Waals surface area contributed by atoms with Crippen molar-refractivity contribution in [3.05, 3.63) is 24.3 Å². The van der Waals surface area contributed by atoms with E-state index in [4.69, 9.17) is 0 Å². The van der Waals surface area contributed by atoms with E-state index in [1.807, 2.05) is 35.6 Å². The SMILES string of the molecule is C[C@@H](Sc1n[nH]c2nc3ccccc3n12)C(=O)NC1CCCCC1. The fourth-order valence-corrected chi connectivity index (χ4v) is 4.18. The first-order valence-electron chi connectivity index (χ1n) is 8.51. The van der Waals surface area contributed by atoms with E-state index in [2.05, 4.69) is 20.5 Å². The van der Waals surface area contributed by atoms with E-state index in [-0.39, 0.29) is 11.2 Å². The van der Waals surface area contributed by atoms with Gasteiger partial charge in [-0.3, -0.25) is 9.20 Å². The number of para-hydroxylation sites is 2. The molecule has 0 bridgehead atoms. The molecule has 1 fully saturated rings. The lowest BCUT2D eigenvalue weighted by Crippen LogP contribution is -2.40. The molecule has 0 saturated heterocycles. The highest BCUT2D eigenvalue weighted by molar-refractivity contribution is 8.00. The summed E-state index contributed by atoms with van der Waals surface area (Å²) in [5.74, 6) is 0.797. The van der Waals surface area contributed by atoms with E-state index in [0.717, 1.165) is 29.0 Å². The zero-order valence-corrected chi connectivity index (χ0v) is 14.5. The van der Waals surface area contributed by atoms with Crippen LogP contribution in [0.2, 0.25) is 0 Å². The van der Waals surface area contributed by atoms with Crippen LogP contribution in [0.25, 0.3) is 16.8 Å². The van der Waals surface area contributed by atoms with Crippen molar-refractivity contribution in [3.63, 3.8) is 0 Å². The Balaban J connectivity index is 1.51. The average Bonchev–Trinajstić information content (AvgIpc) is 3.15. The molecule has 1 aliphatic carbocycles. The maximum absolute atomic E-state index is 12.5. The van der Waals surface area contributed by atoms with Gasteiger partial charge in [0.15, 0.2) is 5.16 Å². The quantitative estimate of drug-likeness (QED) is 0.714. The Hall–Kier alpha value is -2.02. The van der Waals surface area contributed by atoms with Crippen LogP contribution in [0, 0.1) is 0 Å². The number of benzene rings is 1. The van der Waals surface area contributed by atoms with E-state index in [9.17, 15) is 4.79 Å². The first kappa shape index (κ1) is 15.5. The molecule has 7 heteroatoms. The second-order valence-corrected chi connectivity index (χ2v) is 7.68. The Labute approximate surface area is 144 Å². The maximum Gasteiger partial charge on any atom is 0.233 e. The molecule has 1 amide bonds. The van der Waals surface area contributed by atoms with Crippen LogP contribution in [-0.2, 0) is 4.79 Å². The summed E-state index contributed by atoms with van der Waals surface area (Å²) >= 11 is 1.46. The molecule has 1 saturated carbocycles. The molecule has 0 radical (unpaired) electrons. The van der Waals surface area contributed by atoms with Gasteiger partial charge in [0.1, 0.15) is 0 Å². The van der Waals surface area contributed by atoms with Gasteiger partial charge in [-0.1, -0.05) is 43.2 Å². The summed E-state index contributed by atoms with van der Waals surface area (Å²) in [7, 11) is 0. The molecule has 1 aromatic carbocycles. The zero-order valence-electron chi connectivity index (χ0n) is 13.7. The van der Waals surface area contributed by atoms with Gasteiger partial charge >= 0.3 is 0 Å². The Morgan fingerprint density at radius 1 is 1.33 bits per heavy atom. The number of fused-ring (bicyclic) bond motifs is 3. The number of thioether (sulfide) groups is 1. The molecular weight excluding hydrogens is 322 g/mol. The Kier molecular flexibility index (Phi) is 4.18. The fraction of sp³-hybridized carbons (Fsp3) is 0.471. The molecule has 1 aliphatic rings.